The van der Waals surface area contributed by atoms with E-state index < -0.39 is 21.9 Å². The van der Waals surface area contributed by atoms with Crippen LogP contribution in [0.3, 0.4) is 0 Å². The molecule has 0 aliphatic carbocycles. The van der Waals surface area contributed by atoms with E-state index in [4.69, 9.17) is 0 Å². The number of hydrogen-bond donors (Lipinski definition) is 0. The Kier molecular flexibility index (Phi) is 2.27. The van der Waals surface area contributed by atoms with Gasteiger partial charge in [0.15, 0.2) is 22.3 Å². The van der Waals surface area contributed by atoms with Crippen molar-refractivity contribution in [1.82, 2.24) is 0 Å². The fraction of sp³-hybridized carbons (Fsp3) is 0.833. The van der Waals surface area contributed by atoms with Gasteiger partial charge in [-0.25, -0.2) is 12.8 Å². The van der Waals surface area contributed by atoms with Crippen molar-refractivity contribution in [1.29, 1.82) is 0 Å². The highest BCUT2D eigenvalue weighted by Gasteiger charge is 2.33. The molecule has 2 atom stereocenters. The Labute approximate surface area is 64.5 Å². The lowest BCUT2D eigenvalue weighted by atomic mass is 10.1. The van der Waals surface area contributed by atoms with Crippen LogP contribution in [0.25, 0.3) is 0 Å². The van der Waals surface area contributed by atoms with E-state index >= 15 is 0 Å². The van der Waals surface area contributed by atoms with Crippen molar-refractivity contribution in [2.75, 3.05) is 11.5 Å². The van der Waals surface area contributed by atoms with Gasteiger partial charge in [-0.1, -0.05) is 0 Å². The molecule has 1 fully saturated rings. The van der Waals surface area contributed by atoms with E-state index in [1.807, 2.05) is 0 Å². The summed E-state index contributed by atoms with van der Waals surface area (Å²) < 4.78 is 34.1. The van der Waals surface area contributed by atoms with E-state index in [1.165, 1.54) is 0 Å². The van der Waals surface area contributed by atoms with Gasteiger partial charge in [0.2, 0.25) is 0 Å². The number of aldehydes is 1. The number of hydrogen-bond acceptors (Lipinski definition) is 3. The second-order valence-electron chi connectivity index (χ2n) is 2.74. The molecule has 0 amide bonds. The van der Waals surface area contributed by atoms with Crippen LogP contribution >= 0.6 is 0 Å². The van der Waals surface area contributed by atoms with Crippen molar-refractivity contribution in [3.8, 4) is 0 Å². The molecule has 0 radical (unpaired) electrons. The first-order chi connectivity index (χ1) is 5.05. The standard InChI is InChI=1S/C6H9FO3S/c7-6(3-8)5-1-2-11(9,10)4-5/h3,5-6H,1-2,4H2. The molecule has 0 N–H and O–H groups in total. The number of rotatable bonds is 2. The number of sulfone groups is 1. The number of halogens is 1. The summed E-state index contributed by atoms with van der Waals surface area (Å²) in [7, 11) is -3.05. The molecule has 1 aliphatic heterocycles. The van der Waals surface area contributed by atoms with Crippen molar-refractivity contribution < 1.29 is 17.6 Å². The second-order valence-corrected chi connectivity index (χ2v) is 4.97. The highest BCUT2D eigenvalue weighted by Crippen LogP contribution is 2.22. The molecule has 0 aromatic heterocycles. The first-order valence-electron chi connectivity index (χ1n) is 3.35. The van der Waals surface area contributed by atoms with E-state index in [9.17, 15) is 17.6 Å². The van der Waals surface area contributed by atoms with Crippen LogP contribution in [-0.4, -0.2) is 32.4 Å². The van der Waals surface area contributed by atoms with Crippen LogP contribution in [0.2, 0.25) is 0 Å². The van der Waals surface area contributed by atoms with Crippen LogP contribution < -0.4 is 0 Å². The zero-order valence-electron chi connectivity index (χ0n) is 5.86. The maximum Gasteiger partial charge on any atom is 0.159 e. The predicted molar refractivity (Wildman–Crippen MR) is 37.7 cm³/mol. The third-order valence-electron chi connectivity index (χ3n) is 1.85. The number of carbonyl (C=O) groups excluding carboxylic acids is 1. The first-order valence-corrected chi connectivity index (χ1v) is 5.17. The largest absolute Gasteiger partial charge is 0.300 e. The van der Waals surface area contributed by atoms with E-state index in [1.54, 1.807) is 0 Å². The zero-order valence-corrected chi connectivity index (χ0v) is 6.68. The molecule has 0 bridgehead atoms. The van der Waals surface area contributed by atoms with Crippen LogP contribution in [0.5, 0.6) is 0 Å². The number of alkyl halides is 1. The molecule has 64 valence electrons. The highest BCUT2D eigenvalue weighted by molar-refractivity contribution is 7.91. The molecular weight excluding hydrogens is 171 g/mol. The summed E-state index contributed by atoms with van der Waals surface area (Å²) in [6, 6.07) is 0. The summed E-state index contributed by atoms with van der Waals surface area (Å²) in [4.78, 5) is 9.93. The van der Waals surface area contributed by atoms with Gasteiger partial charge in [-0.3, -0.25) is 0 Å². The van der Waals surface area contributed by atoms with E-state index in [0.717, 1.165) is 0 Å². The van der Waals surface area contributed by atoms with E-state index in [-0.39, 0.29) is 24.2 Å². The quantitative estimate of drug-likeness (QED) is 0.560. The van der Waals surface area contributed by atoms with Gasteiger partial charge >= 0.3 is 0 Å². The minimum atomic E-state index is -3.05. The lowest BCUT2D eigenvalue weighted by Crippen LogP contribution is -2.18. The molecule has 5 heteroatoms. The first kappa shape index (κ1) is 8.64. The molecule has 1 heterocycles. The highest BCUT2D eigenvalue weighted by atomic mass is 32.2. The summed E-state index contributed by atoms with van der Waals surface area (Å²) in [5, 5.41) is 0. The molecule has 0 aromatic rings. The van der Waals surface area contributed by atoms with Crippen molar-refractivity contribution in [2.24, 2.45) is 5.92 Å². The summed E-state index contributed by atoms with van der Waals surface area (Å²) in [5.41, 5.74) is 0. The maximum absolute atomic E-state index is 12.5. The van der Waals surface area contributed by atoms with Gasteiger partial charge in [0.1, 0.15) is 0 Å². The monoisotopic (exact) mass is 180 g/mol. The smallest absolute Gasteiger partial charge is 0.159 e. The Hall–Kier alpha value is -0.450. The summed E-state index contributed by atoms with van der Waals surface area (Å²) in [5.74, 6) is -0.753. The Bertz CT molecular complexity index is 247. The van der Waals surface area contributed by atoms with Crippen molar-refractivity contribution in [3.05, 3.63) is 0 Å². The van der Waals surface area contributed by atoms with Crippen LogP contribution in [-0.2, 0) is 14.6 Å². The molecular formula is C6H9FO3S. The minimum absolute atomic E-state index is 0.0198. The van der Waals surface area contributed by atoms with Gasteiger partial charge in [-0.15, -0.1) is 0 Å². The topological polar surface area (TPSA) is 51.2 Å². The Morgan fingerprint density at radius 1 is 1.55 bits per heavy atom. The molecule has 0 spiro atoms. The van der Waals surface area contributed by atoms with Crippen LogP contribution in [0.15, 0.2) is 0 Å². The van der Waals surface area contributed by atoms with Crippen LogP contribution in [0.1, 0.15) is 6.42 Å². The Morgan fingerprint density at radius 2 is 2.18 bits per heavy atom. The maximum atomic E-state index is 12.5. The molecule has 1 rings (SSSR count). The lowest BCUT2D eigenvalue weighted by Gasteiger charge is -2.05. The molecule has 1 aliphatic rings. The van der Waals surface area contributed by atoms with Gasteiger partial charge in [-0.2, -0.15) is 0 Å². The summed E-state index contributed by atoms with van der Waals surface area (Å²) in [6.07, 6.45) is -1.15. The summed E-state index contributed by atoms with van der Waals surface area (Å²) in [6.45, 7) is 0. The van der Waals surface area contributed by atoms with Crippen molar-refractivity contribution >= 4 is 16.1 Å². The summed E-state index contributed by atoms with van der Waals surface area (Å²) >= 11 is 0. The van der Waals surface area contributed by atoms with Gasteiger partial charge in [0.05, 0.1) is 11.5 Å². The molecule has 1 saturated heterocycles. The number of carbonyl (C=O) groups is 1. The van der Waals surface area contributed by atoms with Gasteiger partial charge in [-0.05, 0) is 6.42 Å². The van der Waals surface area contributed by atoms with Crippen LogP contribution in [0.4, 0.5) is 4.39 Å². The van der Waals surface area contributed by atoms with Gasteiger partial charge < -0.3 is 4.79 Å². The third kappa shape index (κ3) is 1.99. The van der Waals surface area contributed by atoms with Crippen molar-refractivity contribution in [2.45, 2.75) is 12.6 Å². The van der Waals surface area contributed by atoms with Crippen molar-refractivity contribution in [3.63, 3.8) is 0 Å². The predicted octanol–water partition coefficient (Wildman–Crippen LogP) is -0.0419. The second kappa shape index (κ2) is 2.89. The molecule has 3 nitrogen and oxygen atoms in total. The van der Waals surface area contributed by atoms with Gasteiger partial charge in [0, 0.05) is 5.92 Å². The fourth-order valence-electron chi connectivity index (χ4n) is 1.19. The molecule has 0 aromatic carbocycles. The SMILES string of the molecule is O=CC(F)C1CCS(=O)(=O)C1. The zero-order chi connectivity index (χ0) is 8.48. The molecule has 2 unspecified atom stereocenters. The van der Waals surface area contributed by atoms with Crippen LogP contribution in [0, 0.1) is 5.92 Å². The van der Waals surface area contributed by atoms with E-state index in [2.05, 4.69) is 0 Å². The third-order valence-corrected chi connectivity index (χ3v) is 3.64. The molecule has 0 saturated carbocycles. The lowest BCUT2D eigenvalue weighted by molar-refractivity contribution is -0.113. The minimum Gasteiger partial charge on any atom is -0.300 e. The Balaban J connectivity index is 2.61. The average molecular weight is 180 g/mol. The average Bonchev–Trinajstić information content (AvgIpc) is 2.29. The van der Waals surface area contributed by atoms with E-state index in [0.29, 0.717) is 0 Å². The fourth-order valence-corrected chi connectivity index (χ4v) is 3.02. The Morgan fingerprint density at radius 3 is 2.55 bits per heavy atom. The molecule has 11 heavy (non-hydrogen) atoms. The normalized spacial score (nSPS) is 31.5. The van der Waals surface area contributed by atoms with Gasteiger partial charge in [0.25, 0.3) is 0 Å².